The first-order valence-corrected chi connectivity index (χ1v) is 14.9. The number of allylic oxidation sites excluding steroid dienone is 3. The van der Waals surface area contributed by atoms with E-state index in [1.165, 1.54) is 18.2 Å². The number of imidazole rings is 1. The summed E-state index contributed by atoms with van der Waals surface area (Å²) in [5.74, 6) is -0.375. The Morgan fingerprint density at radius 2 is 1.64 bits per heavy atom. The molecule has 1 aliphatic carbocycles. The van der Waals surface area contributed by atoms with E-state index in [2.05, 4.69) is 28.1 Å². The van der Waals surface area contributed by atoms with Gasteiger partial charge in [0.15, 0.2) is 5.78 Å². The summed E-state index contributed by atoms with van der Waals surface area (Å²) in [5.41, 5.74) is 8.38. The maximum absolute atomic E-state index is 13.6. The number of hydrazone groups is 1. The lowest BCUT2D eigenvalue weighted by Crippen LogP contribution is -2.38. The number of benzene rings is 3. The van der Waals surface area contributed by atoms with Crippen molar-refractivity contribution in [1.82, 2.24) is 14.5 Å². The van der Waals surface area contributed by atoms with Crippen molar-refractivity contribution in [2.24, 2.45) is 11.0 Å². The molecule has 9 nitrogen and oxygen atoms in total. The number of amides is 1. The fraction of sp³-hybridized carbons (Fsp3) is 0.194. The molecule has 4 aromatic rings. The maximum Gasteiger partial charge on any atom is 0.339 e. The molecule has 6 rings (SSSR count). The van der Waals surface area contributed by atoms with Crippen LogP contribution < -0.4 is 5.43 Å². The standard InChI is InChI=1S/C36H33N5O4/c1-24-37-32-9-5-6-10-33(32)41(24)23-25-17-19-40(20-18-25)35(43)22-30(26-7-3-2-4-8-26)27-11-13-28(14-12-27)38-39-29-15-16-34(42)31(21-29)36(44)45/h2-16,21-22,25,38H,17-20,23H2,1H3,(H,44,45)/b30-22-,39-29+. The summed E-state index contributed by atoms with van der Waals surface area (Å²) in [6.07, 6.45) is 7.47. The Balaban J connectivity index is 1.14. The van der Waals surface area contributed by atoms with Crippen LogP contribution in [0.25, 0.3) is 16.6 Å². The number of carboxylic acids is 1. The van der Waals surface area contributed by atoms with E-state index < -0.39 is 11.8 Å². The highest BCUT2D eigenvalue weighted by Gasteiger charge is 2.24. The molecule has 1 amide bonds. The number of ketones is 1. The van der Waals surface area contributed by atoms with Crippen LogP contribution in [0.4, 0.5) is 5.69 Å². The minimum atomic E-state index is -1.29. The molecular formula is C36H33N5O4. The number of piperidine rings is 1. The monoisotopic (exact) mass is 599 g/mol. The number of aromatic nitrogens is 2. The van der Waals surface area contributed by atoms with Gasteiger partial charge in [0.2, 0.25) is 5.91 Å². The van der Waals surface area contributed by atoms with Crippen molar-refractivity contribution in [2.45, 2.75) is 26.3 Å². The number of nitrogens with zero attached hydrogens (tertiary/aromatic N) is 4. The molecule has 2 N–H and O–H groups in total. The minimum absolute atomic E-state index is 0.00943. The van der Waals surface area contributed by atoms with Crippen molar-refractivity contribution in [3.8, 4) is 0 Å². The molecule has 2 heterocycles. The van der Waals surface area contributed by atoms with E-state index in [-0.39, 0.29) is 11.5 Å². The van der Waals surface area contributed by atoms with Crippen LogP contribution >= 0.6 is 0 Å². The highest BCUT2D eigenvalue weighted by atomic mass is 16.4. The lowest BCUT2D eigenvalue weighted by molar-refractivity contribution is -0.134. The number of aryl methyl sites for hydroxylation is 1. The van der Waals surface area contributed by atoms with Crippen molar-refractivity contribution in [3.63, 3.8) is 0 Å². The fourth-order valence-corrected chi connectivity index (χ4v) is 5.79. The van der Waals surface area contributed by atoms with Crippen LogP contribution in [0.1, 0.15) is 29.8 Å². The zero-order chi connectivity index (χ0) is 31.3. The van der Waals surface area contributed by atoms with Gasteiger partial charge in [-0.15, -0.1) is 0 Å². The van der Waals surface area contributed by atoms with Gasteiger partial charge in [0.05, 0.1) is 22.4 Å². The SMILES string of the molecule is Cc1nc2ccccc2n1CC1CCN(C(=O)/C=C(/c2ccccc2)c2ccc(N/N=C3\C=CC(=O)C(C(=O)O)=C3)cc2)CC1. The molecule has 0 atom stereocenters. The molecule has 3 aromatic carbocycles. The second-order valence-electron chi connectivity index (χ2n) is 11.2. The number of nitrogens with one attached hydrogen (secondary N) is 1. The molecule has 0 spiro atoms. The first-order chi connectivity index (χ1) is 21.9. The van der Waals surface area contributed by atoms with E-state index in [4.69, 9.17) is 4.98 Å². The van der Waals surface area contributed by atoms with Gasteiger partial charge in [-0.3, -0.25) is 15.0 Å². The van der Waals surface area contributed by atoms with Gasteiger partial charge in [-0.05, 0) is 84.9 Å². The number of anilines is 1. The van der Waals surface area contributed by atoms with Crippen LogP contribution in [0.3, 0.4) is 0 Å². The van der Waals surface area contributed by atoms with Crippen LogP contribution in [0.15, 0.2) is 114 Å². The third kappa shape index (κ3) is 6.67. The van der Waals surface area contributed by atoms with Crippen LogP contribution in [-0.4, -0.2) is 56.0 Å². The Kier molecular flexibility index (Phi) is 8.50. The molecule has 9 heteroatoms. The Morgan fingerprint density at radius 1 is 0.956 bits per heavy atom. The Hall–Kier alpha value is -5.57. The lowest BCUT2D eigenvalue weighted by Gasteiger charge is -2.32. The average Bonchev–Trinajstić information content (AvgIpc) is 3.38. The molecule has 45 heavy (non-hydrogen) atoms. The number of aliphatic carboxylic acids is 1. The van der Waals surface area contributed by atoms with Gasteiger partial charge in [-0.1, -0.05) is 54.6 Å². The van der Waals surface area contributed by atoms with Crippen molar-refractivity contribution in [2.75, 3.05) is 18.5 Å². The smallest absolute Gasteiger partial charge is 0.339 e. The number of hydrogen-bond acceptors (Lipinski definition) is 6. The quantitative estimate of drug-likeness (QED) is 0.117. The van der Waals surface area contributed by atoms with Crippen molar-refractivity contribution >= 4 is 45.7 Å². The molecule has 0 radical (unpaired) electrons. The maximum atomic E-state index is 13.6. The van der Waals surface area contributed by atoms with Crippen LogP contribution in [0.5, 0.6) is 0 Å². The normalized spacial score (nSPS) is 16.7. The molecule has 0 bridgehead atoms. The Morgan fingerprint density at radius 3 is 2.38 bits per heavy atom. The van der Waals surface area contributed by atoms with Crippen molar-refractivity contribution in [3.05, 3.63) is 126 Å². The molecule has 2 aliphatic rings. The summed E-state index contributed by atoms with van der Waals surface area (Å²) in [6, 6.07) is 25.6. The molecule has 1 aromatic heterocycles. The van der Waals surface area contributed by atoms with E-state index in [0.29, 0.717) is 30.4 Å². The zero-order valence-corrected chi connectivity index (χ0v) is 24.9. The summed E-state index contributed by atoms with van der Waals surface area (Å²) in [6.45, 7) is 4.36. The van der Waals surface area contributed by atoms with Gasteiger partial charge in [-0.25, -0.2) is 9.78 Å². The predicted molar refractivity (Wildman–Crippen MR) is 175 cm³/mol. The number of likely N-dealkylation sites (tertiary alicyclic amines) is 1. The number of carboxylic acid groups (broad SMARTS) is 1. The van der Waals surface area contributed by atoms with Gasteiger partial charge >= 0.3 is 5.97 Å². The first-order valence-electron chi connectivity index (χ1n) is 14.9. The van der Waals surface area contributed by atoms with Gasteiger partial charge < -0.3 is 14.6 Å². The number of rotatable bonds is 8. The summed E-state index contributed by atoms with van der Waals surface area (Å²) in [4.78, 5) is 43.2. The highest BCUT2D eigenvalue weighted by molar-refractivity contribution is 6.29. The number of fused-ring (bicyclic) bond motifs is 1. The topological polar surface area (TPSA) is 117 Å². The van der Waals surface area contributed by atoms with E-state index in [1.54, 1.807) is 6.08 Å². The van der Waals surface area contributed by atoms with Crippen LogP contribution in [0.2, 0.25) is 0 Å². The van der Waals surface area contributed by atoms with E-state index in [9.17, 15) is 19.5 Å². The average molecular weight is 600 g/mol. The van der Waals surface area contributed by atoms with Gasteiger partial charge in [-0.2, -0.15) is 5.10 Å². The molecule has 0 unspecified atom stereocenters. The third-order valence-electron chi connectivity index (χ3n) is 8.27. The zero-order valence-electron chi connectivity index (χ0n) is 24.9. The summed E-state index contributed by atoms with van der Waals surface area (Å²) in [5, 5.41) is 13.4. The van der Waals surface area contributed by atoms with Gasteiger partial charge in [0.25, 0.3) is 0 Å². The van der Waals surface area contributed by atoms with E-state index in [1.807, 2.05) is 77.7 Å². The van der Waals surface area contributed by atoms with Crippen molar-refractivity contribution < 1.29 is 19.5 Å². The number of carbonyl (C=O) groups excluding carboxylic acids is 2. The number of para-hydroxylation sites is 2. The second kappa shape index (κ2) is 13.0. The highest BCUT2D eigenvalue weighted by Crippen LogP contribution is 2.27. The number of hydrogen-bond donors (Lipinski definition) is 2. The predicted octanol–water partition coefficient (Wildman–Crippen LogP) is 5.63. The van der Waals surface area contributed by atoms with Crippen molar-refractivity contribution in [1.29, 1.82) is 0 Å². The van der Waals surface area contributed by atoms with Gasteiger partial charge in [0.1, 0.15) is 11.4 Å². The summed E-state index contributed by atoms with van der Waals surface area (Å²) in [7, 11) is 0. The third-order valence-corrected chi connectivity index (χ3v) is 8.27. The molecule has 0 saturated carbocycles. The van der Waals surface area contributed by atoms with E-state index in [0.717, 1.165) is 52.9 Å². The summed E-state index contributed by atoms with van der Waals surface area (Å²) < 4.78 is 2.30. The largest absolute Gasteiger partial charge is 0.478 e. The van der Waals surface area contributed by atoms with E-state index >= 15 is 0 Å². The molecule has 1 saturated heterocycles. The molecule has 1 fully saturated rings. The Bertz CT molecular complexity index is 1880. The first kappa shape index (κ1) is 29.5. The van der Waals surface area contributed by atoms with Gasteiger partial charge in [0, 0.05) is 25.7 Å². The number of carbonyl (C=O) groups is 3. The summed E-state index contributed by atoms with van der Waals surface area (Å²) >= 11 is 0. The lowest BCUT2D eigenvalue weighted by atomic mass is 9.95. The molecular weight excluding hydrogens is 566 g/mol. The molecule has 1 aliphatic heterocycles. The van der Waals surface area contributed by atoms with Crippen LogP contribution in [-0.2, 0) is 20.9 Å². The molecule has 226 valence electrons. The van der Waals surface area contributed by atoms with Crippen LogP contribution in [0, 0.1) is 12.8 Å². The minimum Gasteiger partial charge on any atom is -0.478 e. The Labute approximate surface area is 260 Å². The fourth-order valence-electron chi connectivity index (χ4n) is 5.79. The second-order valence-corrected chi connectivity index (χ2v) is 11.2.